The van der Waals surface area contributed by atoms with E-state index >= 15 is 0 Å². The maximum Gasteiger partial charge on any atom is 0.337 e. The molecule has 118 valence electrons. The van der Waals surface area contributed by atoms with Gasteiger partial charge in [0.15, 0.2) is 5.60 Å². The molecule has 0 aromatic heterocycles. The third-order valence-electron chi connectivity index (χ3n) is 4.23. The Labute approximate surface area is 126 Å². The van der Waals surface area contributed by atoms with Crippen molar-refractivity contribution < 1.29 is 34.0 Å². The fraction of sp³-hybridized carbons (Fsp3) is 0.467. The van der Waals surface area contributed by atoms with Gasteiger partial charge in [-0.2, -0.15) is 0 Å². The van der Waals surface area contributed by atoms with Crippen LogP contribution in [-0.2, 0) is 23.8 Å². The summed E-state index contributed by atoms with van der Waals surface area (Å²) in [5.41, 5.74) is -0.881. The lowest BCUT2D eigenvalue weighted by molar-refractivity contribution is -0.172. The molecule has 2 N–H and O–H groups in total. The fourth-order valence-corrected chi connectivity index (χ4v) is 3.16. The molecule has 0 saturated carbocycles. The second kappa shape index (κ2) is 4.96. The van der Waals surface area contributed by atoms with Crippen LogP contribution in [0.2, 0.25) is 0 Å². The van der Waals surface area contributed by atoms with Gasteiger partial charge in [0.2, 0.25) is 6.29 Å². The molecular formula is C15H16O7. The molecule has 0 bridgehead atoms. The highest BCUT2D eigenvalue weighted by atomic mass is 16.6. The van der Waals surface area contributed by atoms with Crippen molar-refractivity contribution in [3.8, 4) is 0 Å². The lowest BCUT2D eigenvalue weighted by Crippen LogP contribution is -2.46. The smallest absolute Gasteiger partial charge is 0.337 e. The van der Waals surface area contributed by atoms with Crippen molar-refractivity contribution in [3.63, 3.8) is 0 Å². The summed E-state index contributed by atoms with van der Waals surface area (Å²) in [6.45, 7) is 1.45. The molecule has 0 saturated heterocycles. The first-order valence-electron chi connectivity index (χ1n) is 6.85. The van der Waals surface area contributed by atoms with Crippen molar-refractivity contribution in [2.24, 2.45) is 11.8 Å². The highest BCUT2D eigenvalue weighted by molar-refractivity contribution is 5.94. The van der Waals surface area contributed by atoms with Crippen LogP contribution in [0.1, 0.15) is 6.92 Å². The van der Waals surface area contributed by atoms with Crippen LogP contribution in [0.25, 0.3) is 0 Å². The van der Waals surface area contributed by atoms with E-state index in [2.05, 4.69) is 0 Å². The number of esters is 2. The Balaban J connectivity index is 2.00. The van der Waals surface area contributed by atoms with Gasteiger partial charge in [-0.25, -0.2) is 9.59 Å². The zero-order valence-electron chi connectivity index (χ0n) is 12.1. The highest BCUT2D eigenvalue weighted by Crippen LogP contribution is 2.49. The van der Waals surface area contributed by atoms with E-state index in [1.807, 2.05) is 0 Å². The van der Waals surface area contributed by atoms with Gasteiger partial charge in [0.1, 0.15) is 0 Å². The summed E-state index contributed by atoms with van der Waals surface area (Å²) >= 11 is 0. The summed E-state index contributed by atoms with van der Waals surface area (Å²) in [5, 5.41) is 19.8. The molecule has 1 spiro atoms. The predicted octanol–water partition coefficient (Wildman–Crippen LogP) is -0.203. The van der Waals surface area contributed by atoms with Crippen LogP contribution in [0.3, 0.4) is 0 Å². The Hall–Kier alpha value is -2.12. The quantitative estimate of drug-likeness (QED) is 0.538. The van der Waals surface area contributed by atoms with E-state index in [1.54, 1.807) is 12.2 Å². The summed E-state index contributed by atoms with van der Waals surface area (Å²) in [5.74, 6) is -2.45. The molecule has 2 heterocycles. The molecule has 0 fully saturated rings. The number of hydrogen-bond donors (Lipinski definition) is 2. The van der Waals surface area contributed by atoms with Crippen LogP contribution in [0, 0.1) is 11.8 Å². The summed E-state index contributed by atoms with van der Waals surface area (Å²) in [6, 6.07) is 0. The Morgan fingerprint density at radius 3 is 2.82 bits per heavy atom. The normalized spacial score (nSPS) is 37.1. The zero-order chi connectivity index (χ0) is 16.1. The van der Waals surface area contributed by atoms with E-state index < -0.39 is 41.8 Å². The highest BCUT2D eigenvalue weighted by Gasteiger charge is 2.57. The van der Waals surface area contributed by atoms with E-state index in [-0.39, 0.29) is 11.1 Å². The third kappa shape index (κ3) is 1.97. The summed E-state index contributed by atoms with van der Waals surface area (Å²) < 4.78 is 15.2. The van der Waals surface area contributed by atoms with Gasteiger partial charge in [-0.1, -0.05) is 6.08 Å². The molecule has 0 aromatic rings. The lowest BCUT2D eigenvalue weighted by atomic mass is 9.79. The Kier molecular flexibility index (Phi) is 3.34. The fourth-order valence-electron chi connectivity index (χ4n) is 3.16. The van der Waals surface area contributed by atoms with Crippen LogP contribution in [0.15, 0.2) is 35.6 Å². The number of carbonyl (C=O) groups excluding carboxylic acids is 2. The van der Waals surface area contributed by atoms with Gasteiger partial charge in [0.05, 0.1) is 36.5 Å². The second-order valence-electron chi connectivity index (χ2n) is 5.52. The minimum atomic E-state index is -1.26. The lowest BCUT2D eigenvalue weighted by Gasteiger charge is -2.37. The Morgan fingerprint density at radius 1 is 1.50 bits per heavy atom. The number of rotatable bonds is 2. The molecule has 0 amide bonds. The number of aliphatic hydroxyl groups excluding tert-OH is 2. The zero-order valence-corrected chi connectivity index (χ0v) is 12.1. The van der Waals surface area contributed by atoms with Crippen molar-refractivity contribution in [3.05, 3.63) is 35.6 Å². The number of methoxy groups -OCH3 is 1. The first-order valence-corrected chi connectivity index (χ1v) is 6.85. The van der Waals surface area contributed by atoms with Crippen molar-refractivity contribution in [1.29, 1.82) is 0 Å². The number of aliphatic hydroxyl groups is 2. The van der Waals surface area contributed by atoms with Gasteiger partial charge in [-0.15, -0.1) is 0 Å². The van der Waals surface area contributed by atoms with Gasteiger partial charge in [0, 0.05) is 5.92 Å². The van der Waals surface area contributed by atoms with Gasteiger partial charge in [-0.3, -0.25) is 0 Å². The van der Waals surface area contributed by atoms with Crippen LogP contribution in [0.4, 0.5) is 0 Å². The first-order chi connectivity index (χ1) is 10.4. The predicted molar refractivity (Wildman–Crippen MR) is 71.9 cm³/mol. The molecular weight excluding hydrogens is 292 g/mol. The largest absolute Gasteiger partial charge is 0.472 e. The second-order valence-corrected chi connectivity index (χ2v) is 5.52. The molecule has 0 aromatic carbocycles. The van der Waals surface area contributed by atoms with Crippen LogP contribution in [0.5, 0.6) is 0 Å². The molecule has 0 unspecified atom stereocenters. The number of hydrogen-bond acceptors (Lipinski definition) is 7. The minimum absolute atomic E-state index is 0.117. The van der Waals surface area contributed by atoms with Gasteiger partial charge in [-0.05, 0) is 19.1 Å². The summed E-state index contributed by atoms with van der Waals surface area (Å²) in [4.78, 5) is 23.7. The topological polar surface area (TPSA) is 102 Å². The standard InChI is InChI=1S/C15H16O7/c1-7(16)9-5-15(22-13(9)18)4-3-8-10(12(17)20-2)6-21-14(19)11(8)15/h3-8,11,14,16,19H,1-2H3/t7-,8+,11+,14-,15+/m0/s1. The van der Waals surface area contributed by atoms with Crippen LogP contribution >= 0.6 is 0 Å². The molecule has 7 nitrogen and oxygen atoms in total. The number of ether oxygens (including phenoxy) is 3. The van der Waals surface area contributed by atoms with Gasteiger partial charge >= 0.3 is 11.9 Å². The molecule has 3 rings (SSSR count). The third-order valence-corrected chi connectivity index (χ3v) is 4.23. The number of allylic oxidation sites excluding steroid dienone is 1. The van der Waals surface area contributed by atoms with Crippen LogP contribution < -0.4 is 0 Å². The SMILES string of the molecule is COC(=O)C1=CO[C@H](O)[C@H]2[C@@H]1C=C[C@@]21C=C([C@H](C)O)C(=O)O1. The molecule has 22 heavy (non-hydrogen) atoms. The summed E-state index contributed by atoms with van der Waals surface area (Å²) in [7, 11) is 1.25. The molecule has 0 radical (unpaired) electrons. The van der Waals surface area contributed by atoms with E-state index in [9.17, 15) is 19.8 Å². The van der Waals surface area contributed by atoms with Crippen molar-refractivity contribution in [2.45, 2.75) is 24.9 Å². The molecule has 2 aliphatic heterocycles. The van der Waals surface area contributed by atoms with E-state index in [0.29, 0.717) is 0 Å². The molecule has 7 heteroatoms. The number of carbonyl (C=O) groups is 2. The van der Waals surface area contributed by atoms with Crippen molar-refractivity contribution in [1.82, 2.24) is 0 Å². The molecule has 1 aliphatic carbocycles. The molecule has 5 atom stereocenters. The maximum atomic E-state index is 11.9. The average molecular weight is 308 g/mol. The number of fused-ring (bicyclic) bond motifs is 2. The van der Waals surface area contributed by atoms with Crippen molar-refractivity contribution in [2.75, 3.05) is 7.11 Å². The van der Waals surface area contributed by atoms with Crippen molar-refractivity contribution >= 4 is 11.9 Å². The average Bonchev–Trinajstić information content (AvgIpc) is 3.01. The van der Waals surface area contributed by atoms with Gasteiger partial charge in [0.25, 0.3) is 0 Å². The minimum Gasteiger partial charge on any atom is -0.472 e. The van der Waals surface area contributed by atoms with E-state index in [0.717, 1.165) is 6.26 Å². The van der Waals surface area contributed by atoms with Gasteiger partial charge < -0.3 is 24.4 Å². The Bertz CT molecular complexity index is 615. The molecule has 3 aliphatic rings. The summed E-state index contributed by atoms with van der Waals surface area (Å²) in [6.07, 6.45) is 3.67. The maximum absolute atomic E-state index is 11.9. The Morgan fingerprint density at radius 2 is 2.23 bits per heavy atom. The van der Waals surface area contributed by atoms with Crippen LogP contribution in [-0.4, -0.2) is 47.3 Å². The van der Waals surface area contributed by atoms with E-state index in [1.165, 1.54) is 20.1 Å². The monoisotopic (exact) mass is 308 g/mol. The first kappa shape index (κ1) is 14.8. The van der Waals surface area contributed by atoms with E-state index in [4.69, 9.17) is 14.2 Å².